The van der Waals surface area contributed by atoms with E-state index in [4.69, 9.17) is 13.9 Å². The van der Waals surface area contributed by atoms with Gasteiger partial charge in [-0.05, 0) is 44.5 Å². The van der Waals surface area contributed by atoms with Crippen molar-refractivity contribution in [3.63, 3.8) is 0 Å². The molecule has 3 aromatic rings. The molecule has 0 N–H and O–H groups in total. The van der Waals surface area contributed by atoms with Crippen LogP contribution in [-0.2, 0) is 14.6 Å². The molecule has 0 bridgehead atoms. The average Bonchev–Trinajstić information content (AvgIpc) is 3.15. The zero-order chi connectivity index (χ0) is 23.8. The Hall–Kier alpha value is -3.33. The number of hydrogen-bond donors (Lipinski definition) is 0. The maximum Gasteiger partial charge on any atom is 0.263 e. The summed E-state index contributed by atoms with van der Waals surface area (Å²) in [6.07, 6.45) is -0.422. The average molecular weight is 472 g/mol. The van der Waals surface area contributed by atoms with Gasteiger partial charge in [0.25, 0.3) is 5.91 Å². The number of amides is 1. The Morgan fingerprint density at radius 3 is 2.55 bits per heavy atom. The van der Waals surface area contributed by atoms with Crippen LogP contribution < -0.4 is 14.9 Å². The molecule has 0 saturated carbocycles. The summed E-state index contributed by atoms with van der Waals surface area (Å²) in [5.74, 6) is 1.05. The van der Waals surface area contributed by atoms with E-state index >= 15 is 0 Å². The van der Waals surface area contributed by atoms with Crippen molar-refractivity contribution in [2.24, 2.45) is 0 Å². The smallest absolute Gasteiger partial charge is 0.263 e. The van der Waals surface area contributed by atoms with Crippen LogP contribution in [0.5, 0.6) is 17.2 Å². The summed E-state index contributed by atoms with van der Waals surface area (Å²) >= 11 is 0. The van der Waals surface area contributed by atoms with Gasteiger partial charge in [0, 0.05) is 19.2 Å². The molecule has 1 fully saturated rings. The highest BCUT2D eigenvalue weighted by Crippen LogP contribution is 2.28. The Bertz CT molecular complexity index is 1350. The molecular formula is C24H25NO7S. The Kier molecular flexibility index (Phi) is 6.16. The number of benzene rings is 2. The maximum atomic E-state index is 12.9. The number of nitrogens with zero attached hydrogens (tertiary/aromatic N) is 1. The van der Waals surface area contributed by atoms with Crippen LogP contribution in [0.25, 0.3) is 11.0 Å². The highest BCUT2D eigenvalue weighted by Gasteiger charge is 2.34. The van der Waals surface area contributed by atoms with Gasteiger partial charge >= 0.3 is 0 Å². The van der Waals surface area contributed by atoms with Gasteiger partial charge in [-0.1, -0.05) is 18.2 Å². The van der Waals surface area contributed by atoms with Crippen molar-refractivity contribution in [3.05, 3.63) is 64.5 Å². The Morgan fingerprint density at radius 2 is 1.88 bits per heavy atom. The van der Waals surface area contributed by atoms with Crippen molar-refractivity contribution in [2.45, 2.75) is 32.4 Å². The first-order valence-corrected chi connectivity index (χ1v) is 12.4. The van der Waals surface area contributed by atoms with E-state index in [1.54, 1.807) is 51.2 Å². The molecule has 0 unspecified atom stereocenters. The highest BCUT2D eigenvalue weighted by molar-refractivity contribution is 7.91. The predicted octanol–water partition coefficient (Wildman–Crippen LogP) is 3.31. The lowest BCUT2D eigenvalue weighted by Gasteiger charge is -2.26. The van der Waals surface area contributed by atoms with E-state index in [1.807, 2.05) is 18.2 Å². The van der Waals surface area contributed by atoms with Crippen LogP contribution in [0, 0.1) is 6.92 Å². The lowest BCUT2D eigenvalue weighted by molar-refractivity contribution is -0.138. The fourth-order valence-corrected chi connectivity index (χ4v) is 5.64. The van der Waals surface area contributed by atoms with Gasteiger partial charge in [0.2, 0.25) is 11.2 Å². The summed E-state index contributed by atoms with van der Waals surface area (Å²) in [4.78, 5) is 27.1. The zero-order valence-electron chi connectivity index (χ0n) is 18.6. The molecule has 9 heteroatoms. The quantitative estimate of drug-likeness (QED) is 0.543. The topological polar surface area (TPSA) is 103 Å². The Balaban J connectivity index is 1.52. The van der Waals surface area contributed by atoms with E-state index < -0.39 is 15.9 Å². The van der Waals surface area contributed by atoms with Gasteiger partial charge in [-0.25, -0.2) is 8.42 Å². The van der Waals surface area contributed by atoms with Crippen LogP contribution >= 0.6 is 0 Å². The van der Waals surface area contributed by atoms with E-state index in [0.29, 0.717) is 34.6 Å². The largest absolute Gasteiger partial charge is 0.481 e. The summed E-state index contributed by atoms with van der Waals surface area (Å²) < 4.78 is 40.8. The highest BCUT2D eigenvalue weighted by atomic mass is 32.2. The molecule has 1 aliphatic heterocycles. The standard InChI is InChI=1S/C24H25NO7S/c1-15-23(32-18-7-5-4-6-8-18)22(26)20-10-9-19(13-21(20)31-15)30-16(2)24(27)25(3)17-11-12-33(28,29)14-17/h4-10,13,16-17H,11-12,14H2,1-3H3/t16-,17+/m1/s1. The summed E-state index contributed by atoms with van der Waals surface area (Å²) in [7, 11) is -1.51. The van der Waals surface area contributed by atoms with Crippen molar-refractivity contribution in [3.8, 4) is 17.2 Å². The second-order valence-corrected chi connectivity index (χ2v) is 10.4. The third-order valence-electron chi connectivity index (χ3n) is 5.71. The van der Waals surface area contributed by atoms with E-state index in [2.05, 4.69) is 0 Å². The SMILES string of the molecule is Cc1oc2cc(O[C@H](C)C(=O)N(C)[C@H]3CCS(=O)(=O)C3)ccc2c(=O)c1Oc1ccccc1. The molecule has 0 aliphatic carbocycles. The molecular weight excluding hydrogens is 446 g/mol. The number of fused-ring (bicyclic) bond motifs is 1. The van der Waals surface area contributed by atoms with Crippen molar-refractivity contribution >= 4 is 26.7 Å². The van der Waals surface area contributed by atoms with Crippen LogP contribution in [0.3, 0.4) is 0 Å². The molecule has 4 rings (SSSR count). The van der Waals surface area contributed by atoms with Crippen molar-refractivity contribution in [1.82, 2.24) is 4.90 Å². The van der Waals surface area contributed by atoms with Crippen molar-refractivity contribution in [2.75, 3.05) is 18.6 Å². The molecule has 2 aromatic carbocycles. The second-order valence-electron chi connectivity index (χ2n) is 8.16. The first-order chi connectivity index (χ1) is 15.6. The monoisotopic (exact) mass is 471 g/mol. The molecule has 0 radical (unpaired) electrons. The molecule has 1 saturated heterocycles. The summed E-state index contributed by atoms with van der Waals surface area (Å²) in [6, 6.07) is 13.3. The molecule has 8 nitrogen and oxygen atoms in total. The van der Waals surface area contributed by atoms with Gasteiger partial charge in [0.1, 0.15) is 22.8 Å². The molecule has 33 heavy (non-hydrogen) atoms. The summed E-state index contributed by atoms with van der Waals surface area (Å²) in [5.41, 5.74) is 0.000700. The fourth-order valence-electron chi connectivity index (χ4n) is 3.87. The minimum atomic E-state index is -3.10. The number of para-hydroxylation sites is 1. The van der Waals surface area contributed by atoms with Crippen LogP contribution in [-0.4, -0.2) is 49.9 Å². The van der Waals surface area contributed by atoms with Gasteiger partial charge in [0.05, 0.1) is 16.9 Å². The number of aryl methyl sites for hydroxylation is 1. The predicted molar refractivity (Wildman–Crippen MR) is 124 cm³/mol. The first-order valence-electron chi connectivity index (χ1n) is 10.6. The molecule has 1 aliphatic rings. The van der Waals surface area contributed by atoms with Gasteiger partial charge in [-0.15, -0.1) is 0 Å². The Morgan fingerprint density at radius 1 is 1.15 bits per heavy atom. The number of sulfone groups is 1. The normalized spacial score (nSPS) is 18.1. The lowest BCUT2D eigenvalue weighted by Crippen LogP contribution is -2.44. The molecule has 2 heterocycles. The lowest BCUT2D eigenvalue weighted by atomic mass is 10.2. The molecule has 2 atom stereocenters. The minimum Gasteiger partial charge on any atom is -0.481 e. The Labute approximate surface area is 191 Å². The van der Waals surface area contributed by atoms with E-state index in [9.17, 15) is 18.0 Å². The third kappa shape index (κ3) is 4.88. The summed E-state index contributed by atoms with van der Waals surface area (Å²) in [6.45, 7) is 3.24. The number of hydrogen-bond acceptors (Lipinski definition) is 7. The van der Waals surface area contributed by atoms with Crippen LogP contribution in [0.4, 0.5) is 0 Å². The fraction of sp³-hybridized carbons (Fsp3) is 0.333. The molecule has 1 amide bonds. The van der Waals surface area contributed by atoms with E-state index in [1.165, 1.54) is 4.90 Å². The number of carbonyl (C=O) groups excluding carboxylic acids is 1. The zero-order valence-corrected chi connectivity index (χ0v) is 19.4. The van der Waals surface area contributed by atoms with Crippen LogP contribution in [0.2, 0.25) is 0 Å². The number of carbonyl (C=O) groups is 1. The number of rotatable bonds is 6. The van der Waals surface area contributed by atoms with Crippen molar-refractivity contribution < 1.29 is 27.1 Å². The third-order valence-corrected chi connectivity index (χ3v) is 7.46. The van der Waals surface area contributed by atoms with Crippen LogP contribution in [0.1, 0.15) is 19.1 Å². The second kappa shape index (κ2) is 8.90. The molecule has 174 valence electrons. The van der Waals surface area contributed by atoms with Crippen molar-refractivity contribution in [1.29, 1.82) is 0 Å². The van der Waals surface area contributed by atoms with E-state index in [-0.39, 0.29) is 34.6 Å². The molecule has 1 aromatic heterocycles. The van der Waals surface area contributed by atoms with Gasteiger partial charge in [0.15, 0.2) is 15.9 Å². The maximum absolute atomic E-state index is 12.9. The van der Waals surface area contributed by atoms with Gasteiger partial charge in [-0.3, -0.25) is 9.59 Å². The van der Waals surface area contributed by atoms with Crippen LogP contribution in [0.15, 0.2) is 57.7 Å². The van der Waals surface area contributed by atoms with E-state index in [0.717, 1.165) is 0 Å². The number of likely N-dealkylation sites (N-methyl/N-ethyl adjacent to an activating group) is 1. The van der Waals surface area contributed by atoms with Gasteiger partial charge < -0.3 is 18.8 Å². The summed E-state index contributed by atoms with van der Waals surface area (Å²) in [5, 5.41) is 0.325. The number of ether oxygens (including phenoxy) is 2. The minimum absolute atomic E-state index is 0.0320. The molecule has 0 spiro atoms. The van der Waals surface area contributed by atoms with Gasteiger partial charge in [-0.2, -0.15) is 0 Å². The first kappa shape index (κ1) is 22.8.